The number of benzene rings is 1. The molecule has 0 aliphatic carbocycles. The predicted molar refractivity (Wildman–Crippen MR) is 151 cm³/mol. The zero-order chi connectivity index (χ0) is 27.3. The summed E-state index contributed by atoms with van der Waals surface area (Å²) in [6, 6.07) is 8.41. The van der Waals surface area contributed by atoms with Crippen LogP contribution in [0.3, 0.4) is 0 Å². The summed E-state index contributed by atoms with van der Waals surface area (Å²) in [5.41, 5.74) is 12.5. The van der Waals surface area contributed by atoms with Crippen LogP contribution in [0.5, 0.6) is 0 Å². The molecular weight excluding hydrogens is 508 g/mol. The molecule has 0 spiro atoms. The first kappa shape index (κ1) is 29.7. The van der Waals surface area contributed by atoms with Gasteiger partial charge in [-0.05, 0) is 63.2 Å². The van der Waals surface area contributed by atoms with E-state index in [1.165, 1.54) is 5.56 Å². The van der Waals surface area contributed by atoms with Gasteiger partial charge in [0.15, 0.2) is 6.23 Å². The number of aryl methyl sites for hydroxylation is 1. The highest BCUT2D eigenvalue weighted by Gasteiger charge is 2.44. The van der Waals surface area contributed by atoms with Gasteiger partial charge in [0.25, 0.3) is 5.91 Å². The number of hydrogen-bond donors (Lipinski definition) is 3. The first-order valence-corrected chi connectivity index (χ1v) is 14.3. The number of thioether (sulfide) groups is 1. The number of carbonyl (C=O) groups is 1. The van der Waals surface area contributed by atoms with Gasteiger partial charge in [-0.3, -0.25) is 14.8 Å². The highest BCUT2D eigenvalue weighted by atomic mass is 35.5. The van der Waals surface area contributed by atoms with Crippen LogP contribution >= 0.6 is 23.4 Å². The molecule has 1 aromatic carbocycles. The number of nitrogens with zero attached hydrogens (tertiary/aromatic N) is 2. The number of rotatable bonds is 10. The molecule has 2 heterocycles. The van der Waals surface area contributed by atoms with Crippen molar-refractivity contribution in [3.05, 3.63) is 68.8 Å². The lowest BCUT2D eigenvalue weighted by molar-refractivity contribution is -0.197. The Morgan fingerprint density at radius 2 is 2.00 bits per heavy atom. The predicted octanol–water partition coefficient (Wildman–Crippen LogP) is 5.83. The van der Waals surface area contributed by atoms with E-state index < -0.39 is 11.8 Å². The Labute approximate surface area is 230 Å². The van der Waals surface area contributed by atoms with Crippen molar-refractivity contribution < 1.29 is 14.8 Å². The summed E-state index contributed by atoms with van der Waals surface area (Å²) in [6.07, 6.45) is 5.80. The van der Waals surface area contributed by atoms with Crippen LogP contribution in [0.15, 0.2) is 57.6 Å². The number of nitrogens with two attached hydrogens (primary N) is 1. The first-order chi connectivity index (χ1) is 17.5. The molecule has 9 heteroatoms. The molecule has 7 nitrogen and oxygen atoms in total. The number of nitrogens with one attached hydrogen (secondary N) is 1. The molecule has 2 aliphatic heterocycles. The lowest BCUT2D eigenvalue weighted by Gasteiger charge is -2.44. The summed E-state index contributed by atoms with van der Waals surface area (Å²) in [7, 11) is 0. The highest BCUT2D eigenvalue weighted by Crippen LogP contribution is 2.47. The lowest BCUT2D eigenvalue weighted by Crippen LogP contribution is -2.51. The summed E-state index contributed by atoms with van der Waals surface area (Å²) < 4.78 is 0. The molecule has 0 radical (unpaired) electrons. The van der Waals surface area contributed by atoms with Crippen molar-refractivity contribution >= 4 is 29.3 Å². The second-order valence-electron chi connectivity index (χ2n) is 10.3. The fourth-order valence-corrected chi connectivity index (χ4v) is 6.45. The molecule has 3 rings (SSSR count). The third kappa shape index (κ3) is 6.61. The monoisotopic (exact) mass is 548 g/mol. The van der Waals surface area contributed by atoms with Crippen LogP contribution in [0.4, 0.5) is 0 Å². The number of likely N-dealkylation sites (tertiary alicyclic amines) is 1. The first-order valence-electron chi connectivity index (χ1n) is 12.9. The Morgan fingerprint density at radius 3 is 2.57 bits per heavy atom. The number of carbonyl (C=O) groups excluding carboxylic acids is 1. The van der Waals surface area contributed by atoms with Gasteiger partial charge < -0.3 is 15.5 Å². The maximum Gasteiger partial charge on any atom is 0.264 e. The van der Waals surface area contributed by atoms with E-state index in [1.807, 2.05) is 32.9 Å². The summed E-state index contributed by atoms with van der Waals surface area (Å²) in [6.45, 7) is 12.9. The molecule has 0 aromatic heterocycles. The summed E-state index contributed by atoms with van der Waals surface area (Å²) in [5, 5.41) is 9.75. The molecule has 37 heavy (non-hydrogen) atoms. The van der Waals surface area contributed by atoms with E-state index in [0.29, 0.717) is 28.8 Å². The van der Waals surface area contributed by atoms with Crippen LogP contribution in [-0.4, -0.2) is 45.1 Å². The number of amides is 1. The lowest BCUT2D eigenvalue weighted by atomic mass is 9.80. The van der Waals surface area contributed by atoms with Crippen molar-refractivity contribution in [2.75, 3.05) is 12.4 Å². The molecule has 4 N–H and O–H groups in total. The van der Waals surface area contributed by atoms with Gasteiger partial charge in [0.1, 0.15) is 0 Å². The van der Waals surface area contributed by atoms with E-state index in [4.69, 9.17) is 27.4 Å². The molecule has 1 fully saturated rings. The van der Waals surface area contributed by atoms with Gasteiger partial charge in [-0.1, -0.05) is 85.7 Å². The number of halogens is 1. The van der Waals surface area contributed by atoms with Gasteiger partial charge >= 0.3 is 0 Å². The average Bonchev–Trinajstić information content (AvgIpc) is 3.50. The van der Waals surface area contributed by atoms with E-state index >= 15 is 0 Å². The van der Waals surface area contributed by atoms with Crippen LogP contribution in [0.1, 0.15) is 71.6 Å². The fourth-order valence-electron chi connectivity index (χ4n) is 5.09. The molecule has 3 atom stereocenters. The molecule has 2 aliphatic rings. The summed E-state index contributed by atoms with van der Waals surface area (Å²) in [5.74, 6) is 0.631. The van der Waals surface area contributed by atoms with Crippen LogP contribution in [0.25, 0.3) is 0 Å². The Morgan fingerprint density at radius 1 is 1.32 bits per heavy atom. The van der Waals surface area contributed by atoms with Crippen molar-refractivity contribution in [3.63, 3.8) is 0 Å². The zero-order valence-corrected chi connectivity index (χ0v) is 24.3. The zero-order valence-electron chi connectivity index (χ0n) is 22.8. The third-order valence-corrected chi connectivity index (χ3v) is 8.48. The summed E-state index contributed by atoms with van der Waals surface area (Å²) >= 11 is 7.67. The minimum absolute atomic E-state index is 0.0688. The molecule has 3 unspecified atom stereocenters. The quantitative estimate of drug-likeness (QED) is 0.250. The molecule has 0 bridgehead atoms. The third-order valence-electron chi connectivity index (χ3n) is 7.27. The second-order valence-corrected chi connectivity index (χ2v) is 11.9. The van der Waals surface area contributed by atoms with Gasteiger partial charge in [-0.25, -0.2) is 0 Å². The largest absolute Gasteiger partial charge is 0.355 e. The highest BCUT2D eigenvalue weighted by molar-refractivity contribution is 8.04. The maximum absolute atomic E-state index is 13.8. The van der Waals surface area contributed by atoms with Gasteiger partial charge in [-0.2, -0.15) is 0 Å². The smallest absolute Gasteiger partial charge is 0.264 e. The van der Waals surface area contributed by atoms with Gasteiger partial charge in [-0.15, -0.1) is 0 Å². The van der Waals surface area contributed by atoms with Crippen LogP contribution < -0.4 is 11.4 Å². The molecule has 1 amide bonds. The van der Waals surface area contributed by atoms with E-state index in [2.05, 4.69) is 49.9 Å². The molecule has 0 saturated carbocycles. The van der Waals surface area contributed by atoms with E-state index in [0.717, 1.165) is 29.7 Å². The number of hydrogen-bond acceptors (Lipinski definition) is 7. The van der Waals surface area contributed by atoms with Gasteiger partial charge in [0.2, 0.25) is 0 Å². The van der Waals surface area contributed by atoms with Crippen molar-refractivity contribution in [3.8, 4) is 0 Å². The number of allylic oxidation sites excluding steroid dienone is 4. The normalized spacial score (nSPS) is 21.7. The van der Waals surface area contributed by atoms with Crippen LogP contribution in [-0.2, 0) is 16.1 Å². The van der Waals surface area contributed by atoms with E-state index in [1.54, 1.807) is 22.3 Å². The van der Waals surface area contributed by atoms with Crippen LogP contribution in [0, 0.1) is 5.92 Å². The fraction of sp³-hybridized carbons (Fsp3) is 0.536. The van der Waals surface area contributed by atoms with Gasteiger partial charge in [0, 0.05) is 17.3 Å². The van der Waals surface area contributed by atoms with E-state index in [-0.39, 0.29) is 17.9 Å². The minimum Gasteiger partial charge on any atom is -0.355 e. The molecule has 204 valence electrons. The van der Waals surface area contributed by atoms with E-state index in [9.17, 15) is 4.79 Å². The Balaban J connectivity index is 2.11. The Kier molecular flexibility index (Phi) is 10.3. The van der Waals surface area contributed by atoms with Crippen molar-refractivity contribution in [1.29, 1.82) is 0 Å². The summed E-state index contributed by atoms with van der Waals surface area (Å²) in [4.78, 5) is 23.7. The second kappa shape index (κ2) is 12.8. The Bertz CT molecular complexity index is 1050. The molecule has 1 aromatic rings. The topological polar surface area (TPSA) is 91.1 Å². The van der Waals surface area contributed by atoms with Crippen molar-refractivity contribution in [2.45, 2.75) is 78.6 Å². The Hall–Kier alpha value is -1.81. The minimum atomic E-state index is -0.754. The SMILES string of the molecule is CCc1ccc(C(N2CSC(C(=O)N3CCCC3ONO)=C2C(C)C)C(C)(N)/C(C)=C/C=C(\C)Cl)cc1. The maximum atomic E-state index is 13.8. The van der Waals surface area contributed by atoms with Crippen molar-refractivity contribution in [2.24, 2.45) is 11.7 Å². The standard InChI is InChI=1S/C28H41ClN4O3S/c1-7-21-12-14-22(15-13-21)26(28(6,30)19(4)10-11-20(5)29)33-17-37-25(24(33)18(2)3)27(34)32-16-8-9-23(32)36-31-35/h10-15,18,23,26,31,35H,7-9,16-17,30H2,1-6H3/b19-10+,20-11+. The molecule has 1 saturated heterocycles. The van der Waals surface area contributed by atoms with Gasteiger partial charge in [0.05, 0.1) is 22.4 Å². The van der Waals surface area contributed by atoms with Crippen LogP contribution in [0.2, 0.25) is 0 Å². The molecular formula is C28H41ClN4O3S. The average molecular weight is 549 g/mol. The van der Waals surface area contributed by atoms with Crippen molar-refractivity contribution in [1.82, 2.24) is 15.4 Å².